The molecule has 1 fully saturated rings. The maximum absolute atomic E-state index is 12.5. The number of hydrogen-bond acceptors (Lipinski definition) is 6. The van der Waals surface area contributed by atoms with Crippen molar-refractivity contribution in [1.29, 1.82) is 0 Å². The second-order valence-corrected chi connectivity index (χ2v) is 10.2. The van der Waals surface area contributed by atoms with Crippen molar-refractivity contribution < 1.29 is 14.3 Å². The SMILES string of the molecule is CC(C)(C)OC(=O)NC(Cc1ccc(Oc2nc3ccccc3s2)cc1)C1CCNCC1. The molecule has 2 N–H and O–H groups in total. The normalized spacial score (nSPS) is 16.0. The fourth-order valence-electron chi connectivity index (χ4n) is 3.98. The van der Waals surface area contributed by atoms with Crippen LogP contribution in [0.15, 0.2) is 48.5 Å². The molecule has 1 amide bonds. The van der Waals surface area contributed by atoms with Crippen LogP contribution in [0.5, 0.6) is 10.9 Å². The molecule has 7 heteroatoms. The number of aromatic nitrogens is 1. The van der Waals surface area contributed by atoms with Crippen LogP contribution in [0.4, 0.5) is 4.79 Å². The van der Waals surface area contributed by atoms with Crippen LogP contribution in [0, 0.1) is 5.92 Å². The van der Waals surface area contributed by atoms with E-state index in [0.29, 0.717) is 11.1 Å². The first-order valence-electron chi connectivity index (χ1n) is 11.2. The second kappa shape index (κ2) is 9.88. The average molecular weight is 454 g/mol. The summed E-state index contributed by atoms with van der Waals surface area (Å²) in [4.78, 5) is 17.0. The Morgan fingerprint density at radius 3 is 2.56 bits per heavy atom. The van der Waals surface area contributed by atoms with Crippen LogP contribution in [-0.4, -0.2) is 35.8 Å². The number of para-hydroxylation sites is 1. The first-order valence-corrected chi connectivity index (χ1v) is 12.0. The van der Waals surface area contributed by atoms with Gasteiger partial charge >= 0.3 is 6.09 Å². The Labute approximate surface area is 193 Å². The molecule has 1 aliphatic heterocycles. The van der Waals surface area contributed by atoms with Crippen molar-refractivity contribution in [1.82, 2.24) is 15.6 Å². The molecular formula is C25H31N3O3S. The molecule has 2 heterocycles. The average Bonchev–Trinajstić information content (AvgIpc) is 3.16. The van der Waals surface area contributed by atoms with E-state index >= 15 is 0 Å². The van der Waals surface area contributed by atoms with Crippen LogP contribution in [0.3, 0.4) is 0 Å². The van der Waals surface area contributed by atoms with Gasteiger partial charge in [-0.3, -0.25) is 0 Å². The number of rotatable bonds is 6. The molecule has 4 rings (SSSR count). The second-order valence-electron chi connectivity index (χ2n) is 9.24. The summed E-state index contributed by atoms with van der Waals surface area (Å²) in [5.74, 6) is 1.17. The third-order valence-electron chi connectivity index (χ3n) is 5.51. The molecule has 1 unspecified atom stereocenters. The van der Waals surface area contributed by atoms with Gasteiger partial charge in [0.2, 0.25) is 0 Å². The van der Waals surface area contributed by atoms with Crippen molar-refractivity contribution in [2.45, 2.75) is 51.7 Å². The van der Waals surface area contributed by atoms with Gasteiger partial charge in [-0.05, 0) is 88.9 Å². The number of fused-ring (bicyclic) bond motifs is 1. The first-order chi connectivity index (χ1) is 15.4. The number of benzene rings is 2. The first kappa shape index (κ1) is 22.6. The van der Waals surface area contributed by atoms with Crippen LogP contribution in [-0.2, 0) is 11.2 Å². The van der Waals surface area contributed by atoms with Crippen molar-refractivity contribution in [2.24, 2.45) is 5.92 Å². The predicted molar refractivity (Wildman–Crippen MR) is 129 cm³/mol. The third kappa shape index (κ3) is 6.20. The summed E-state index contributed by atoms with van der Waals surface area (Å²) < 4.78 is 12.6. The van der Waals surface area contributed by atoms with Gasteiger partial charge in [-0.25, -0.2) is 9.78 Å². The zero-order valence-electron chi connectivity index (χ0n) is 18.9. The van der Waals surface area contributed by atoms with E-state index in [9.17, 15) is 4.79 Å². The smallest absolute Gasteiger partial charge is 0.407 e. The Kier molecular flexibility index (Phi) is 6.96. The Morgan fingerprint density at radius 2 is 1.88 bits per heavy atom. The van der Waals surface area contributed by atoms with E-state index in [-0.39, 0.29) is 12.1 Å². The quantitative estimate of drug-likeness (QED) is 0.514. The highest BCUT2D eigenvalue weighted by Gasteiger charge is 2.27. The molecule has 0 saturated carbocycles. The third-order valence-corrected chi connectivity index (χ3v) is 6.43. The molecule has 1 aliphatic rings. The highest BCUT2D eigenvalue weighted by molar-refractivity contribution is 7.20. The summed E-state index contributed by atoms with van der Waals surface area (Å²) in [7, 11) is 0. The molecule has 1 saturated heterocycles. The predicted octanol–water partition coefficient (Wildman–Crippen LogP) is 5.52. The summed E-state index contributed by atoms with van der Waals surface area (Å²) in [5, 5.41) is 7.17. The van der Waals surface area contributed by atoms with Crippen molar-refractivity contribution in [3.8, 4) is 10.9 Å². The highest BCUT2D eigenvalue weighted by atomic mass is 32.1. The molecular weight excluding hydrogens is 422 g/mol. The van der Waals surface area contributed by atoms with Gasteiger partial charge in [0.25, 0.3) is 5.19 Å². The maximum Gasteiger partial charge on any atom is 0.407 e. The van der Waals surface area contributed by atoms with Crippen LogP contribution >= 0.6 is 11.3 Å². The Bertz CT molecular complexity index is 1000. The van der Waals surface area contributed by atoms with E-state index in [1.165, 1.54) is 11.3 Å². The molecule has 0 radical (unpaired) electrons. The lowest BCUT2D eigenvalue weighted by atomic mass is 9.86. The number of carbonyl (C=O) groups excluding carboxylic acids is 1. The van der Waals surface area contributed by atoms with E-state index < -0.39 is 5.60 Å². The monoisotopic (exact) mass is 453 g/mol. The molecule has 32 heavy (non-hydrogen) atoms. The number of thiazole rings is 1. The van der Waals surface area contributed by atoms with Gasteiger partial charge in [0.15, 0.2) is 0 Å². The molecule has 1 aromatic heterocycles. The molecule has 0 bridgehead atoms. The lowest BCUT2D eigenvalue weighted by Crippen LogP contribution is -2.47. The Morgan fingerprint density at radius 1 is 1.16 bits per heavy atom. The molecule has 1 atom stereocenters. The molecule has 0 aliphatic carbocycles. The number of amides is 1. The number of nitrogens with zero attached hydrogens (tertiary/aromatic N) is 1. The Balaban J connectivity index is 1.42. The van der Waals surface area contributed by atoms with Crippen LogP contribution in [0.25, 0.3) is 10.2 Å². The fourth-order valence-corrected chi connectivity index (χ4v) is 4.82. The number of alkyl carbamates (subject to hydrolysis) is 1. The highest BCUT2D eigenvalue weighted by Crippen LogP contribution is 2.31. The molecule has 170 valence electrons. The van der Waals surface area contributed by atoms with Crippen molar-refractivity contribution in [3.63, 3.8) is 0 Å². The number of nitrogens with one attached hydrogen (secondary N) is 2. The van der Waals surface area contributed by atoms with Gasteiger partial charge in [-0.1, -0.05) is 35.6 Å². The zero-order valence-corrected chi connectivity index (χ0v) is 19.7. The van der Waals surface area contributed by atoms with E-state index in [1.54, 1.807) is 0 Å². The van der Waals surface area contributed by atoms with E-state index in [4.69, 9.17) is 9.47 Å². The largest absolute Gasteiger partial charge is 0.444 e. The minimum absolute atomic E-state index is 0.0305. The van der Waals surface area contributed by atoms with Crippen LogP contribution < -0.4 is 15.4 Å². The standard InChI is InChI=1S/C25H31N3O3S/c1-25(2,3)31-23(29)27-21(18-12-14-26-15-13-18)16-17-8-10-19(11-9-17)30-24-28-20-6-4-5-7-22(20)32-24/h4-11,18,21,26H,12-16H2,1-3H3,(H,27,29). The fraction of sp³-hybridized carbons (Fsp3) is 0.440. The summed E-state index contributed by atoms with van der Waals surface area (Å²) in [6, 6.07) is 16.1. The number of ether oxygens (including phenoxy) is 2. The van der Waals surface area contributed by atoms with Crippen LogP contribution in [0.1, 0.15) is 39.2 Å². The summed E-state index contributed by atoms with van der Waals surface area (Å²) in [6.07, 6.45) is 2.49. The van der Waals surface area contributed by atoms with Gasteiger partial charge in [-0.2, -0.15) is 0 Å². The summed E-state index contributed by atoms with van der Waals surface area (Å²) in [5.41, 5.74) is 1.59. The van der Waals surface area contributed by atoms with Crippen LogP contribution in [0.2, 0.25) is 0 Å². The van der Waals surface area contributed by atoms with Gasteiger partial charge in [0, 0.05) is 6.04 Å². The summed E-state index contributed by atoms with van der Waals surface area (Å²) >= 11 is 1.54. The van der Waals surface area contributed by atoms with Crippen molar-refractivity contribution >= 4 is 27.6 Å². The van der Waals surface area contributed by atoms with Crippen molar-refractivity contribution in [2.75, 3.05) is 13.1 Å². The summed E-state index contributed by atoms with van der Waals surface area (Å²) in [6.45, 7) is 7.61. The Hall–Kier alpha value is -2.64. The van der Waals surface area contributed by atoms with Gasteiger partial charge < -0.3 is 20.1 Å². The van der Waals surface area contributed by atoms with Gasteiger partial charge in [-0.15, -0.1) is 0 Å². The maximum atomic E-state index is 12.5. The lowest BCUT2D eigenvalue weighted by molar-refractivity contribution is 0.0478. The number of piperidine rings is 1. The van der Waals surface area contributed by atoms with Gasteiger partial charge in [0.05, 0.1) is 10.2 Å². The van der Waals surface area contributed by atoms with E-state index in [1.807, 2.05) is 57.2 Å². The molecule has 6 nitrogen and oxygen atoms in total. The molecule has 2 aromatic carbocycles. The number of carbonyl (C=O) groups is 1. The van der Waals surface area contributed by atoms with E-state index in [0.717, 1.165) is 53.9 Å². The number of hydrogen-bond donors (Lipinski definition) is 2. The van der Waals surface area contributed by atoms with E-state index in [2.05, 4.69) is 27.8 Å². The minimum Gasteiger partial charge on any atom is -0.444 e. The molecule has 3 aromatic rings. The zero-order chi connectivity index (χ0) is 22.6. The minimum atomic E-state index is -0.512. The lowest BCUT2D eigenvalue weighted by Gasteiger charge is -2.32. The topological polar surface area (TPSA) is 72.5 Å². The molecule has 0 spiro atoms. The van der Waals surface area contributed by atoms with Gasteiger partial charge in [0.1, 0.15) is 11.4 Å². The van der Waals surface area contributed by atoms with Crippen molar-refractivity contribution in [3.05, 3.63) is 54.1 Å².